The average Bonchev–Trinajstić information content (AvgIpc) is 2.45. The van der Waals surface area contributed by atoms with Crippen LogP contribution < -0.4 is 10.1 Å². The Bertz CT molecular complexity index is 665. The van der Waals surface area contributed by atoms with Crippen LogP contribution in [0.5, 0.6) is 5.75 Å². The van der Waals surface area contributed by atoms with Crippen LogP contribution >= 0.6 is 0 Å². The Morgan fingerprint density at radius 3 is 2.57 bits per heavy atom. The predicted molar refractivity (Wildman–Crippen MR) is 81.8 cm³/mol. The summed E-state index contributed by atoms with van der Waals surface area (Å²) in [5.41, 5.74) is 2.37. The third-order valence-corrected chi connectivity index (χ3v) is 2.91. The summed E-state index contributed by atoms with van der Waals surface area (Å²) >= 11 is 0. The van der Waals surface area contributed by atoms with E-state index in [1.54, 1.807) is 24.3 Å². The summed E-state index contributed by atoms with van der Waals surface area (Å²) in [6, 6.07) is 14.3. The number of carbonyl (C=O) groups excluding carboxylic acids is 2. The second kappa shape index (κ2) is 6.70. The zero-order chi connectivity index (χ0) is 15.2. The fourth-order valence-electron chi connectivity index (χ4n) is 1.87. The van der Waals surface area contributed by atoms with Crippen molar-refractivity contribution in [2.75, 3.05) is 11.9 Å². The highest BCUT2D eigenvalue weighted by atomic mass is 16.5. The summed E-state index contributed by atoms with van der Waals surface area (Å²) in [7, 11) is 0. The Morgan fingerprint density at radius 2 is 1.86 bits per heavy atom. The summed E-state index contributed by atoms with van der Waals surface area (Å²) in [5.74, 6) is 0.223. The monoisotopic (exact) mass is 283 g/mol. The lowest BCUT2D eigenvalue weighted by atomic mass is 10.1. The van der Waals surface area contributed by atoms with Crippen LogP contribution in [0.2, 0.25) is 0 Å². The SMILES string of the molecule is CC(=O)c1cccc(OCC(=O)Nc2cccc(C)c2)c1. The molecule has 0 spiro atoms. The molecule has 1 amide bonds. The Labute approximate surface area is 123 Å². The van der Waals surface area contributed by atoms with E-state index in [0.29, 0.717) is 11.3 Å². The maximum atomic E-state index is 11.8. The molecule has 1 N–H and O–H groups in total. The summed E-state index contributed by atoms with van der Waals surface area (Å²) in [4.78, 5) is 23.1. The van der Waals surface area contributed by atoms with Crippen LogP contribution in [0.15, 0.2) is 48.5 Å². The molecule has 0 bridgehead atoms. The van der Waals surface area contributed by atoms with Gasteiger partial charge in [-0.15, -0.1) is 0 Å². The molecule has 2 rings (SSSR count). The molecule has 0 unspecified atom stereocenters. The van der Waals surface area contributed by atoms with E-state index in [1.807, 2.05) is 31.2 Å². The van der Waals surface area contributed by atoms with Crippen LogP contribution in [-0.4, -0.2) is 18.3 Å². The second-order valence-electron chi connectivity index (χ2n) is 4.79. The molecule has 21 heavy (non-hydrogen) atoms. The van der Waals surface area contributed by atoms with Gasteiger partial charge in [-0.2, -0.15) is 0 Å². The molecular formula is C17H17NO3. The van der Waals surface area contributed by atoms with Crippen LogP contribution in [0.4, 0.5) is 5.69 Å². The van der Waals surface area contributed by atoms with Crippen molar-refractivity contribution >= 4 is 17.4 Å². The molecule has 0 fully saturated rings. The number of ether oxygens (including phenoxy) is 1. The molecule has 0 aliphatic carbocycles. The molecule has 4 nitrogen and oxygen atoms in total. The lowest BCUT2D eigenvalue weighted by molar-refractivity contribution is -0.118. The molecule has 0 aliphatic rings. The normalized spacial score (nSPS) is 10.0. The molecule has 0 radical (unpaired) electrons. The van der Waals surface area contributed by atoms with Crippen molar-refractivity contribution in [3.05, 3.63) is 59.7 Å². The van der Waals surface area contributed by atoms with Gasteiger partial charge in [-0.25, -0.2) is 0 Å². The highest BCUT2D eigenvalue weighted by Gasteiger charge is 2.05. The number of amides is 1. The number of nitrogens with one attached hydrogen (secondary N) is 1. The maximum absolute atomic E-state index is 11.8. The summed E-state index contributed by atoms with van der Waals surface area (Å²) in [6.07, 6.45) is 0. The van der Waals surface area contributed by atoms with E-state index >= 15 is 0 Å². The lowest BCUT2D eigenvalue weighted by Gasteiger charge is -2.08. The maximum Gasteiger partial charge on any atom is 0.262 e. The minimum absolute atomic E-state index is 0.0373. The predicted octanol–water partition coefficient (Wildman–Crippen LogP) is 3.22. The highest BCUT2D eigenvalue weighted by Crippen LogP contribution is 2.14. The van der Waals surface area contributed by atoms with Gasteiger partial charge in [0.2, 0.25) is 0 Å². The first-order valence-electron chi connectivity index (χ1n) is 6.65. The minimum atomic E-state index is -0.242. The molecule has 4 heteroatoms. The standard InChI is InChI=1S/C17H17NO3/c1-12-5-3-7-15(9-12)18-17(20)11-21-16-8-4-6-14(10-16)13(2)19/h3-10H,11H2,1-2H3,(H,18,20). The molecule has 0 heterocycles. The van der Waals surface area contributed by atoms with Crippen molar-refractivity contribution in [2.45, 2.75) is 13.8 Å². The number of hydrogen-bond donors (Lipinski definition) is 1. The smallest absolute Gasteiger partial charge is 0.262 e. The van der Waals surface area contributed by atoms with Crippen molar-refractivity contribution < 1.29 is 14.3 Å². The summed E-state index contributed by atoms with van der Waals surface area (Å²) < 4.78 is 5.40. The number of rotatable bonds is 5. The number of carbonyl (C=O) groups is 2. The summed E-state index contributed by atoms with van der Waals surface area (Å²) in [5, 5.41) is 2.76. The number of anilines is 1. The Balaban J connectivity index is 1.92. The van der Waals surface area contributed by atoms with E-state index in [-0.39, 0.29) is 18.3 Å². The number of aryl methyl sites for hydroxylation is 1. The average molecular weight is 283 g/mol. The zero-order valence-electron chi connectivity index (χ0n) is 12.1. The van der Waals surface area contributed by atoms with Gasteiger partial charge < -0.3 is 10.1 Å². The fourth-order valence-corrected chi connectivity index (χ4v) is 1.87. The second-order valence-corrected chi connectivity index (χ2v) is 4.79. The van der Waals surface area contributed by atoms with Gasteiger partial charge in [0.05, 0.1) is 0 Å². The zero-order valence-corrected chi connectivity index (χ0v) is 12.1. The van der Waals surface area contributed by atoms with Gasteiger partial charge in [0.25, 0.3) is 5.91 Å². The molecule has 0 aromatic heterocycles. The molecule has 2 aromatic carbocycles. The van der Waals surface area contributed by atoms with E-state index in [9.17, 15) is 9.59 Å². The van der Waals surface area contributed by atoms with Gasteiger partial charge in [0.1, 0.15) is 5.75 Å². The van der Waals surface area contributed by atoms with Crippen LogP contribution in [0.25, 0.3) is 0 Å². The van der Waals surface area contributed by atoms with Gasteiger partial charge in [-0.1, -0.05) is 24.3 Å². The van der Waals surface area contributed by atoms with E-state index in [4.69, 9.17) is 4.74 Å². The van der Waals surface area contributed by atoms with Crippen molar-refractivity contribution in [1.82, 2.24) is 0 Å². The Hall–Kier alpha value is -2.62. The molecule has 0 atom stereocenters. The topological polar surface area (TPSA) is 55.4 Å². The summed E-state index contributed by atoms with van der Waals surface area (Å²) in [6.45, 7) is 3.35. The number of Topliss-reactive ketones (excluding diaryl/α,β-unsaturated/α-hetero) is 1. The van der Waals surface area contributed by atoms with Gasteiger partial charge in [-0.05, 0) is 43.7 Å². The molecule has 2 aromatic rings. The Morgan fingerprint density at radius 1 is 1.10 bits per heavy atom. The molecular weight excluding hydrogens is 266 g/mol. The van der Waals surface area contributed by atoms with E-state index in [1.165, 1.54) is 6.92 Å². The number of ketones is 1. The largest absolute Gasteiger partial charge is 0.484 e. The van der Waals surface area contributed by atoms with Gasteiger partial charge >= 0.3 is 0 Å². The molecule has 0 saturated heterocycles. The van der Waals surface area contributed by atoms with E-state index < -0.39 is 0 Å². The van der Waals surface area contributed by atoms with E-state index in [2.05, 4.69) is 5.32 Å². The first-order valence-corrected chi connectivity index (χ1v) is 6.65. The number of benzene rings is 2. The third kappa shape index (κ3) is 4.45. The number of hydrogen-bond acceptors (Lipinski definition) is 3. The third-order valence-electron chi connectivity index (χ3n) is 2.91. The van der Waals surface area contributed by atoms with Gasteiger partial charge in [0.15, 0.2) is 12.4 Å². The van der Waals surface area contributed by atoms with Gasteiger partial charge in [-0.3, -0.25) is 9.59 Å². The van der Waals surface area contributed by atoms with E-state index in [0.717, 1.165) is 11.3 Å². The first-order chi connectivity index (χ1) is 10.0. The first kappa shape index (κ1) is 14.8. The molecule has 108 valence electrons. The Kier molecular flexibility index (Phi) is 4.72. The van der Waals surface area contributed by atoms with Crippen molar-refractivity contribution in [3.8, 4) is 5.75 Å². The van der Waals surface area contributed by atoms with Crippen LogP contribution in [0, 0.1) is 6.92 Å². The fraction of sp³-hybridized carbons (Fsp3) is 0.176. The van der Waals surface area contributed by atoms with Crippen LogP contribution in [-0.2, 0) is 4.79 Å². The van der Waals surface area contributed by atoms with Crippen molar-refractivity contribution in [2.24, 2.45) is 0 Å². The molecule has 0 saturated carbocycles. The quantitative estimate of drug-likeness (QED) is 0.857. The van der Waals surface area contributed by atoms with Gasteiger partial charge in [0, 0.05) is 11.3 Å². The highest BCUT2D eigenvalue weighted by molar-refractivity contribution is 5.94. The van der Waals surface area contributed by atoms with Crippen LogP contribution in [0.1, 0.15) is 22.8 Å². The van der Waals surface area contributed by atoms with Crippen molar-refractivity contribution in [3.63, 3.8) is 0 Å². The van der Waals surface area contributed by atoms with Crippen molar-refractivity contribution in [1.29, 1.82) is 0 Å². The molecule has 0 aliphatic heterocycles. The van der Waals surface area contributed by atoms with Crippen LogP contribution in [0.3, 0.4) is 0 Å². The lowest BCUT2D eigenvalue weighted by Crippen LogP contribution is -2.20. The minimum Gasteiger partial charge on any atom is -0.484 e.